The van der Waals surface area contributed by atoms with Crippen LogP contribution in [-0.4, -0.2) is 71.9 Å². The summed E-state index contributed by atoms with van der Waals surface area (Å²) < 4.78 is 36.1. The highest BCUT2D eigenvalue weighted by Gasteiger charge is 2.52. The molecule has 4 heterocycles. The number of halogens is 4. The second-order valence-corrected chi connectivity index (χ2v) is 12.1. The summed E-state index contributed by atoms with van der Waals surface area (Å²) in [7, 11) is 1.58. The molecule has 0 bridgehead atoms. The lowest BCUT2D eigenvalue weighted by Gasteiger charge is -2.60. The number of carbonyl (C=O) groups excluding carboxylic acids is 2. The van der Waals surface area contributed by atoms with Gasteiger partial charge >= 0.3 is 6.61 Å². The van der Waals surface area contributed by atoms with Crippen molar-refractivity contribution < 1.29 is 27.8 Å². The van der Waals surface area contributed by atoms with Crippen molar-refractivity contribution in [1.29, 1.82) is 0 Å². The number of aromatic nitrogens is 2. The zero-order chi connectivity index (χ0) is 31.9. The number of alkyl halides is 2. The van der Waals surface area contributed by atoms with E-state index in [4.69, 9.17) is 32.9 Å². The van der Waals surface area contributed by atoms with Crippen LogP contribution in [0.2, 0.25) is 10.0 Å². The number of carbonyl (C=O) groups is 2. The monoisotopic (exact) mass is 652 g/mol. The van der Waals surface area contributed by atoms with Crippen molar-refractivity contribution in [2.75, 3.05) is 33.3 Å². The van der Waals surface area contributed by atoms with Gasteiger partial charge in [0.25, 0.3) is 0 Å². The van der Waals surface area contributed by atoms with E-state index in [1.807, 2.05) is 35.2 Å². The van der Waals surface area contributed by atoms with Crippen molar-refractivity contribution in [3.63, 3.8) is 0 Å². The molecule has 8 nitrogen and oxygen atoms in total. The van der Waals surface area contributed by atoms with Gasteiger partial charge in [-0.2, -0.15) is 8.78 Å². The predicted octanol–water partition coefficient (Wildman–Crippen LogP) is 6.87. The maximum atomic E-state index is 13.0. The summed E-state index contributed by atoms with van der Waals surface area (Å²) in [6.07, 6.45) is 1.98. The average molecular weight is 654 g/mol. The molecule has 0 saturated carbocycles. The molecule has 1 spiro atoms. The zero-order valence-corrected chi connectivity index (χ0v) is 25.9. The Morgan fingerprint density at radius 1 is 1.02 bits per heavy atom. The van der Waals surface area contributed by atoms with Crippen LogP contribution >= 0.6 is 23.2 Å². The molecule has 2 aromatic carbocycles. The summed E-state index contributed by atoms with van der Waals surface area (Å²) >= 11 is 13.8. The van der Waals surface area contributed by atoms with E-state index in [9.17, 15) is 18.4 Å². The van der Waals surface area contributed by atoms with Crippen LogP contribution in [0, 0.1) is 5.41 Å². The standard InChI is InChI=1S/C33H28Cl2F2N4O4/c1-19(43)41-17-33(18-41)15-40(16-33)13-21-8-9-26(39-31(21)44-2)25-5-3-4-23(28(25)34)24-10-11-38-30(29(24)35)20-6-7-22(14-42)27(12-20)45-32(36)37/h3-12,14,32H,13,15-18H2,1-2H3. The van der Waals surface area contributed by atoms with Gasteiger partial charge < -0.3 is 14.4 Å². The van der Waals surface area contributed by atoms with E-state index in [0.717, 1.165) is 31.7 Å². The highest BCUT2D eigenvalue weighted by atomic mass is 35.5. The highest BCUT2D eigenvalue weighted by molar-refractivity contribution is 6.39. The van der Waals surface area contributed by atoms with E-state index < -0.39 is 6.61 Å². The number of aldehydes is 1. The number of methoxy groups -OCH3 is 1. The van der Waals surface area contributed by atoms with Gasteiger partial charge in [-0.3, -0.25) is 19.5 Å². The minimum Gasteiger partial charge on any atom is -0.481 e. The quantitative estimate of drug-likeness (QED) is 0.182. The van der Waals surface area contributed by atoms with Crippen LogP contribution < -0.4 is 9.47 Å². The second-order valence-electron chi connectivity index (χ2n) is 11.3. The minimum atomic E-state index is -3.10. The lowest BCUT2D eigenvalue weighted by atomic mass is 9.72. The molecule has 2 fully saturated rings. The first-order chi connectivity index (χ1) is 21.6. The fraction of sp³-hybridized carbons (Fsp3) is 0.273. The Hall–Kier alpha value is -4.12. The van der Waals surface area contributed by atoms with Gasteiger partial charge in [0.05, 0.1) is 34.1 Å². The van der Waals surface area contributed by atoms with Gasteiger partial charge in [-0.1, -0.05) is 53.5 Å². The van der Waals surface area contributed by atoms with E-state index in [-0.39, 0.29) is 27.7 Å². The molecule has 12 heteroatoms. The molecule has 45 heavy (non-hydrogen) atoms. The molecule has 232 valence electrons. The third-order valence-electron chi connectivity index (χ3n) is 8.23. The van der Waals surface area contributed by atoms with Gasteiger partial charge in [0, 0.05) is 79.1 Å². The topological polar surface area (TPSA) is 84.9 Å². The Bertz CT molecular complexity index is 1790. The van der Waals surface area contributed by atoms with Gasteiger partial charge in [-0.25, -0.2) is 4.98 Å². The van der Waals surface area contributed by atoms with Crippen molar-refractivity contribution in [3.8, 4) is 45.3 Å². The summed E-state index contributed by atoms with van der Waals surface area (Å²) in [6.45, 7) is 2.65. The highest BCUT2D eigenvalue weighted by Crippen LogP contribution is 2.43. The lowest BCUT2D eigenvalue weighted by molar-refractivity contribution is -0.157. The third-order valence-corrected chi connectivity index (χ3v) is 9.02. The van der Waals surface area contributed by atoms with Crippen LogP contribution in [0.1, 0.15) is 22.8 Å². The molecule has 2 aromatic heterocycles. The molecule has 4 aromatic rings. The van der Waals surface area contributed by atoms with Gasteiger partial charge in [0.15, 0.2) is 6.29 Å². The van der Waals surface area contributed by atoms with Crippen LogP contribution in [0.25, 0.3) is 33.6 Å². The number of ether oxygens (including phenoxy) is 2. The lowest BCUT2D eigenvalue weighted by Crippen LogP contribution is -2.72. The largest absolute Gasteiger partial charge is 0.481 e. The molecule has 2 aliphatic rings. The van der Waals surface area contributed by atoms with Crippen molar-refractivity contribution in [3.05, 3.63) is 82.0 Å². The van der Waals surface area contributed by atoms with Crippen LogP contribution in [0.4, 0.5) is 8.78 Å². The number of pyridine rings is 2. The Morgan fingerprint density at radius 2 is 1.76 bits per heavy atom. The summed E-state index contributed by atoms with van der Waals surface area (Å²) in [5.74, 6) is 0.343. The first-order valence-corrected chi connectivity index (χ1v) is 14.9. The van der Waals surface area contributed by atoms with Crippen LogP contribution in [0.15, 0.2) is 60.8 Å². The molecule has 0 N–H and O–H groups in total. The van der Waals surface area contributed by atoms with Crippen molar-refractivity contribution >= 4 is 35.4 Å². The Balaban J connectivity index is 1.26. The number of hydrogen-bond donors (Lipinski definition) is 0. The Labute approximate surface area is 268 Å². The predicted molar refractivity (Wildman–Crippen MR) is 167 cm³/mol. The van der Waals surface area contributed by atoms with Crippen LogP contribution in [-0.2, 0) is 11.3 Å². The molecule has 1 amide bonds. The van der Waals surface area contributed by atoms with E-state index >= 15 is 0 Å². The molecule has 2 aliphatic heterocycles. The zero-order valence-electron chi connectivity index (χ0n) is 24.4. The molecular formula is C33H28Cl2F2N4O4. The molecule has 0 unspecified atom stereocenters. The molecule has 0 atom stereocenters. The number of likely N-dealkylation sites (tertiary alicyclic amines) is 2. The molecule has 0 radical (unpaired) electrons. The van der Waals surface area contributed by atoms with Gasteiger partial charge in [0.2, 0.25) is 11.8 Å². The van der Waals surface area contributed by atoms with E-state index in [2.05, 4.69) is 14.6 Å². The van der Waals surface area contributed by atoms with Gasteiger partial charge in [-0.15, -0.1) is 0 Å². The molecule has 2 saturated heterocycles. The average Bonchev–Trinajstić information content (AvgIpc) is 2.97. The first-order valence-electron chi connectivity index (χ1n) is 14.1. The fourth-order valence-corrected chi connectivity index (χ4v) is 6.77. The van der Waals surface area contributed by atoms with Crippen molar-refractivity contribution in [1.82, 2.24) is 19.8 Å². The summed E-state index contributed by atoms with van der Waals surface area (Å²) in [5, 5.41) is 0.645. The summed E-state index contributed by atoms with van der Waals surface area (Å²) in [6, 6.07) is 15.3. The minimum absolute atomic E-state index is 0.0239. The number of hydrogen-bond acceptors (Lipinski definition) is 7. The first kappa shape index (κ1) is 30.9. The normalized spacial score (nSPS) is 15.5. The number of rotatable bonds is 9. The summed E-state index contributed by atoms with van der Waals surface area (Å²) in [4.78, 5) is 36.2. The maximum Gasteiger partial charge on any atom is 0.387 e. The van der Waals surface area contributed by atoms with Crippen molar-refractivity contribution in [2.45, 2.75) is 20.1 Å². The van der Waals surface area contributed by atoms with Gasteiger partial charge in [-0.05, 0) is 24.3 Å². The van der Waals surface area contributed by atoms with E-state index in [1.54, 1.807) is 26.2 Å². The van der Waals surface area contributed by atoms with Crippen LogP contribution in [0.3, 0.4) is 0 Å². The SMILES string of the molecule is COc1nc(-c2cccc(-c3ccnc(-c4ccc(C=O)c(OC(F)F)c4)c3Cl)c2Cl)ccc1CN1CC2(C1)CN(C(C)=O)C2. The fourth-order valence-electron chi connectivity index (χ4n) is 6.13. The Morgan fingerprint density at radius 3 is 2.44 bits per heavy atom. The third kappa shape index (κ3) is 5.97. The number of nitrogens with zero attached hydrogens (tertiary/aromatic N) is 4. The van der Waals surface area contributed by atoms with Crippen molar-refractivity contribution in [2.24, 2.45) is 5.41 Å². The smallest absolute Gasteiger partial charge is 0.387 e. The molecule has 6 rings (SSSR count). The van der Waals surface area contributed by atoms with Gasteiger partial charge in [0.1, 0.15) is 5.75 Å². The number of benzene rings is 2. The maximum absolute atomic E-state index is 13.0. The molecular weight excluding hydrogens is 625 g/mol. The van der Waals surface area contributed by atoms with E-state index in [0.29, 0.717) is 57.4 Å². The second kappa shape index (κ2) is 12.3. The summed E-state index contributed by atoms with van der Waals surface area (Å²) in [5.41, 5.74) is 4.29. The van der Waals surface area contributed by atoms with Crippen LogP contribution in [0.5, 0.6) is 11.6 Å². The number of amides is 1. The molecule has 0 aliphatic carbocycles. The van der Waals surface area contributed by atoms with E-state index in [1.165, 1.54) is 18.3 Å². The Kier molecular flexibility index (Phi) is 8.47.